The molecule has 4 rings (SSSR count). The number of carbonyl (C=O) groups is 2. The molecule has 1 aliphatic heterocycles. The van der Waals surface area contributed by atoms with Gasteiger partial charge in [-0.15, -0.1) is 10.2 Å². The largest absolute Gasteiger partial charge is 0.361 e. The van der Waals surface area contributed by atoms with Crippen LogP contribution in [0, 0.1) is 11.7 Å². The Balaban J connectivity index is 1.36. The standard InChI is InChI=1S/C20H22FN5O2S/c1-11(2)19-24-25-20(29-19)23-18(28)13-7-17(27)26(10-13)6-5-12-9-22-16-4-3-14(21)8-15(12)16/h3-4,8-9,11,13,22H,5-7,10H2,1-2H3,(H,23,25,28)/t13-/m1/s1. The number of amides is 2. The number of hydrogen-bond donors (Lipinski definition) is 2. The minimum Gasteiger partial charge on any atom is -0.361 e. The first-order chi connectivity index (χ1) is 13.9. The van der Waals surface area contributed by atoms with Gasteiger partial charge >= 0.3 is 0 Å². The SMILES string of the molecule is CC(C)c1nnc(NC(=O)[C@@H]2CC(=O)N(CCc3c[nH]c4ccc(F)cc34)C2)s1. The molecule has 0 radical (unpaired) electrons. The number of anilines is 1. The second-order valence-electron chi connectivity index (χ2n) is 7.58. The lowest BCUT2D eigenvalue weighted by Gasteiger charge is -2.16. The number of halogens is 1. The number of nitrogens with zero attached hydrogens (tertiary/aromatic N) is 3. The number of hydrogen-bond acceptors (Lipinski definition) is 5. The summed E-state index contributed by atoms with van der Waals surface area (Å²) in [5.74, 6) is -0.698. The van der Waals surface area contributed by atoms with E-state index in [1.807, 2.05) is 20.0 Å². The third-order valence-electron chi connectivity index (χ3n) is 5.13. The number of carbonyl (C=O) groups excluding carboxylic acids is 2. The molecule has 2 aromatic heterocycles. The van der Waals surface area contributed by atoms with Crippen molar-refractivity contribution in [2.24, 2.45) is 5.92 Å². The molecule has 1 fully saturated rings. The summed E-state index contributed by atoms with van der Waals surface area (Å²) in [6, 6.07) is 4.61. The van der Waals surface area contributed by atoms with Gasteiger partial charge in [0.05, 0.1) is 5.92 Å². The van der Waals surface area contributed by atoms with E-state index in [0.717, 1.165) is 21.5 Å². The van der Waals surface area contributed by atoms with Gasteiger partial charge in [0.1, 0.15) is 10.8 Å². The summed E-state index contributed by atoms with van der Waals surface area (Å²) in [5.41, 5.74) is 1.82. The van der Waals surface area contributed by atoms with E-state index in [-0.39, 0.29) is 30.0 Å². The molecule has 9 heteroatoms. The number of H-pyrrole nitrogens is 1. The highest BCUT2D eigenvalue weighted by Gasteiger charge is 2.34. The van der Waals surface area contributed by atoms with Gasteiger partial charge in [-0.25, -0.2) is 4.39 Å². The molecule has 0 spiro atoms. The van der Waals surface area contributed by atoms with Gasteiger partial charge in [-0.05, 0) is 30.2 Å². The molecule has 152 valence electrons. The summed E-state index contributed by atoms with van der Waals surface area (Å²) in [6.07, 6.45) is 2.62. The molecule has 2 amide bonds. The summed E-state index contributed by atoms with van der Waals surface area (Å²) in [4.78, 5) is 29.7. The van der Waals surface area contributed by atoms with Crippen LogP contribution in [0.3, 0.4) is 0 Å². The van der Waals surface area contributed by atoms with Crippen molar-refractivity contribution in [3.05, 3.63) is 40.8 Å². The fraction of sp³-hybridized carbons (Fsp3) is 0.400. The van der Waals surface area contributed by atoms with Crippen LogP contribution in [0.15, 0.2) is 24.4 Å². The lowest BCUT2D eigenvalue weighted by molar-refractivity contribution is -0.128. The van der Waals surface area contributed by atoms with E-state index < -0.39 is 5.92 Å². The van der Waals surface area contributed by atoms with Crippen molar-refractivity contribution in [3.63, 3.8) is 0 Å². The summed E-state index contributed by atoms with van der Waals surface area (Å²) in [7, 11) is 0. The number of fused-ring (bicyclic) bond motifs is 1. The Bertz CT molecular complexity index is 1060. The normalized spacial score (nSPS) is 16.9. The number of benzene rings is 1. The van der Waals surface area contributed by atoms with Crippen molar-refractivity contribution in [2.45, 2.75) is 32.6 Å². The van der Waals surface area contributed by atoms with Crippen molar-refractivity contribution >= 4 is 39.2 Å². The van der Waals surface area contributed by atoms with Gasteiger partial charge in [0, 0.05) is 42.5 Å². The highest BCUT2D eigenvalue weighted by Crippen LogP contribution is 2.25. The van der Waals surface area contributed by atoms with E-state index in [1.54, 1.807) is 11.0 Å². The summed E-state index contributed by atoms with van der Waals surface area (Å²) < 4.78 is 13.5. The average Bonchev–Trinajstić information content (AvgIpc) is 3.39. The molecular formula is C20H22FN5O2S. The summed E-state index contributed by atoms with van der Waals surface area (Å²) in [5, 5.41) is 13.0. The van der Waals surface area contributed by atoms with Crippen molar-refractivity contribution < 1.29 is 14.0 Å². The van der Waals surface area contributed by atoms with E-state index in [0.29, 0.717) is 24.6 Å². The van der Waals surface area contributed by atoms with Gasteiger partial charge in [-0.1, -0.05) is 25.2 Å². The number of nitrogens with one attached hydrogen (secondary N) is 2. The van der Waals surface area contributed by atoms with Crippen molar-refractivity contribution in [1.82, 2.24) is 20.1 Å². The van der Waals surface area contributed by atoms with Crippen LogP contribution in [-0.4, -0.2) is 45.0 Å². The smallest absolute Gasteiger partial charge is 0.231 e. The Morgan fingerprint density at radius 2 is 2.24 bits per heavy atom. The van der Waals surface area contributed by atoms with Gasteiger partial charge in [0.25, 0.3) is 0 Å². The van der Waals surface area contributed by atoms with Crippen molar-refractivity contribution in [1.29, 1.82) is 0 Å². The molecule has 0 saturated carbocycles. The van der Waals surface area contributed by atoms with Gasteiger partial charge in [-0.2, -0.15) is 0 Å². The van der Waals surface area contributed by atoms with E-state index in [2.05, 4.69) is 20.5 Å². The predicted octanol–water partition coefficient (Wildman–Crippen LogP) is 3.31. The quantitative estimate of drug-likeness (QED) is 0.646. The third kappa shape index (κ3) is 4.14. The monoisotopic (exact) mass is 415 g/mol. The zero-order chi connectivity index (χ0) is 20.5. The Labute approximate surface area is 171 Å². The fourth-order valence-corrected chi connectivity index (χ4v) is 4.25. The molecular weight excluding hydrogens is 393 g/mol. The maximum atomic E-state index is 13.5. The van der Waals surface area contributed by atoms with E-state index in [1.165, 1.54) is 23.5 Å². The highest BCUT2D eigenvalue weighted by atomic mass is 32.1. The minimum atomic E-state index is -0.408. The van der Waals surface area contributed by atoms with Gasteiger partial charge < -0.3 is 15.2 Å². The van der Waals surface area contributed by atoms with E-state index in [9.17, 15) is 14.0 Å². The maximum absolute atomic E-state index is 13.5. The number of likely N-dealkylation sites (tertiary alicyclic amines) is 1. The summed E-state index contributed by atoms with van der Waals surface area (Å²) >= 11 is 1.35. The molecule has 2 N–H and O–H groups in total. The Kier molecular flexibility index (Phi) is 5.31. The van der Waals surface area contributed by atoms with Crippen LogP contribution in [0.25, 0.3) is 10.9 Å². The van der Waals surface area contributed by atoms with Crippen LogP contribution in [-0.2, 0) is 16.0 Å². The first kappa shape index (κ1) is 19.5. The van der Waals surface area contributed by atoms with E-state index in [4.69, 9.17) is 0 Å². The zero-order valence-corrected chi connectivity index (χ0v) is 17.1. The van der Waals surface area contributed by atoms with Crippen LogP contribution in [0.2, 0.25) is 0 Å². The van der Waals surface area contributed by atoms with Gasteiger partial charge in [-0.3, -0.25) is 9.59 Å². The Hall–Kier alpha value is -2.81. The highest BCUT2D eigenvalue weighted by molar-refractivity contribution is 7.15. The second-order valence-corrected chi connectivity index (χ2v) is 8.59. The average molecular weight is 415 g/mol. The van der Waals surface area contributed by atoms with Crippen LogP contribution in [0.4, 0.5) is 9.52 Å². The van der Waals surface area contributed by atoms with Crippen molar-refractivity contribution in [2.75, 3.05) is 18.4 Å². The fourth-order valence-electron chi connectivity index (χ4n) is 3.50. The maximum Gasteiger partial charge on any atom is 0.231 e. The zero-order valence-electron chi connectivity index (χ0n) is 16.2. The molecule has 7 nitrogen and oxygen atoms in total. The molecule has 0 bridgehead atoms. The van der Waals surface area contributed by atoms with Crippen LogP contribution >= 0.6 is 11.3 Å². The lowest BCUT2D eigenvalue weighted by Crippen LogP contribution is -2.30. The number of aromatic amines is 1. The second kappa shape index (κ2) is 7.90. The van der Waals surface area contributed by atoms with Gasteiger partial charge in [0.2, 0.25) is 16.9 Å². The lowest BCUT2D eigenvalue weighted by atomic mass is 10.1. The van der Waals surface area contributed by atoms with Crippen LogP contribution in [0.5, 0.6) is 0 Å². The predicted molar refractivity (Wildman–Crippen MR) is 109 cm³/mol. The third-order valence-corrected chi connectivity index (χ3v) is 6.27. The first-order valence-corrected chi connectivity index (χ1v) is 10.4. The number of aromatic nitrogens is 3. The molecule has 29 heavy (non-hydrogen) atoms. The van der Waals surface area contributed by atoms with Crippen molar-refractivity contribution in [3.8, 4) is 0 Å². The summed E-state index contributed by atoms with van der Waals surface area (Å²) in [6.45, 7) is 4.89. The molecule has 0 aliphatic carbocycles. The molecule has 1 saturated heterocycles. The molecule has 0 unspecified atom stereocenters. The minimum absolute atomic E-state index is 0.0451. The van der Waals surface area contributed by atoms with Crippen LogP contribution in [0.1, 0.15) is 36.8 Å². The van der Waals surface area contributed by atoms with E-state index >= 15 is 0 Å². The molecule has 1 aliphatic rings. The molecule has 1 atom stereocenters. The molecule has 1 aromatic carbocycles. The topological polar surface area (TPSA) is 91.0 Å². The molecule has 3 aromatic rings. The Morgan fingerprint density at radius 1 is 1.41 bits per heavy atom. The Morgan fingerprint density at radius 3 is 3.00 bits per heavy atom. The number of rotatable bonds is 6. The first-order valence-electron chi connectivity index (χ1n) is 9.58. The molecule has 3 heterocycles. The van der Waals surface area contributed by atoms with Gasteiger partial charge in [0.15, 0.2) is 0 Å². The van der Waals surface area contributed by atoms with Crippen LogP contribution < -0.4 is 5.32 Å².